The molecule has 0 bridgehead atoms. The monoisotopic (exact) mass is 377 g/mol. The lowest BCUT2D eigenvalue weighted by Gasteiger charge is -2.21. The smallest absolute Gasteiger partial charge is 0.376 e. The van der Waals surface area contributed by atoms with Crippen molar-refractivity contribution >= 4 is 34.4 Å². The van der Waals surface area contributed by atoms with E-state index in [0.29, 0.717) is 5.82 Å². The SMILES string of the molecule is CCCNc1nc(C(=O)OC)nc(C(C)(C)C)c1I. The number of halogens is 1. The van der Waals surface area contributed by atoms with Gasteiger partial charge in [-0.25, -0.2) is 14.8 Å². The first kappa shape index (κ1) is 16.1. The van der Waals surface area contributed by atoms with Crippen LogP contribution in [0.25, 0.3) is 0 Å². The zero-order valence-electron chi connectivity index (χ0n) is 12.0. The van der Waals surface area contributed by atoms with Gasteiger partial charge in [-0.15, -0.1) is 0 Å². The number of nitrogens with zero attached hydrogens (tertiary/aromatic N) is 2. The zero-order valence-corrected chi connectivity index (χ0v) is 14.2. The molecule has 0 unspecified atom stereocenters. The van der Waals surface area contributed by atoms with Gasteiger partial charge in [0.05, 0.1) is 16.4 Å². The Balaban J connectivity index is 3.34. The van der Waals surface area contributed by atoms with Crippen molar-refractivity contribution in [3.63, 3.8) is 0 Å². The number of carbonyl (C=O) groups excluding carboxylic acids is 1. The van der Waals surface area contributed by atoms with Gasteiger partial charge in [0.2, 0.25) is 5.82 Å². The maximum atomic E-state index is 11.7. The fourth-order valence-corrected chi connectivity index (χ4v) is 2.73. The molecule has 6 heteroatoms. The van der Waals surface area contributed by atoms with Gasteiger partial charge in [-0.3, -0.25) is 0 Å². The van der Waals surface area contributed by atoms with Crippen molar-refractivity contribution in [2.24, 2.45) is 0 Å². The number of carbonyl (C=O) groups is 1. The molecule has 1 heterocycles. The van der Waals surface area contributed by atoms with Gasteiger partial charge in [0.15, 0.2) is 0 Å². The Bertz CT molecular complexity index is 470. The number of anilines is 1. The van der Waals surface area contributed by atoms with Crippen LogP contribution in [-0.2, 0) is 10.2 Å². The van der Waals surface area contributed by atoms with Crippen molar-refractivity contribution in [3.05, 3.63) is 15.1 Å². The van der Waals surface area contributed by atoms with E-state index in [-0.39, 0.29) is 11.2 Å². The van der Waals surface area contributed by atoms with Gasteiger partial charge in [0, 0.05) is 12.0 Å². The van der Waals surface area contributed by atoms with Crippen molar-refractivity contribution in [3.8, 4) is 0 Å². The summed E-state index contributed by atoms with van der Waals surface area (Å²) in [5, 5.41) is 3.23. The quantitative estimate of drug-likeness (QED) is 0.646. The maximum Gasteiger partial charge on any atom is 0.376 e. The molecule has 0 aliphatic heterocycles. The lowest BCUT2D eigenvalue weighted by molar-refractivity contribution is 0.0586. The van der Waals surface area contributed by atoms with Gasteiger partial charge in [0.1, 0.15) is 5.82 Å². The molecule has 0 aliphatic carbocycles. The summed E-state index contributed by atoms with van der Waals surface area (Å²) in [4.78, 5) is 20.3. The molecule has 0 radical (unpaired) electrons. The lowest BCUT2D eigenvalue weighted by atomic mass is 9.92. The van der Waals surface area contributed by atoms with Crippen molar-refractivity contribution in [2.45, 2.75) is 39.5 Å². The molecular formula is C13H20IN3O2. The molecule has 1 N–H and O–H groups in total. The normalized spacial score (nSPS) is 11.3. The van der Waals surface area contributed by atoms with E-state index in [9.17, 15) is 4.79 Å². The van der Waals surface area contributed by atoms with Crippen molar-refractivity contribution in [1.29, 1.82) is 0 Å². The van der Waals surface area contributed by atoms with Crippen molar-refractivity contribution in [2.75, 3.05) is 19.0 Å². The summed E-state index contributed by atoms with van der Waals surface area (Å²) in [5.74, 6) is 0.288. The Morgan fingerprint density at radius 3 is 2.47 bits per heavy atom. The van der Waals surface area contributed by atoms with E-state index in [2.05, 4.69) is 65.6 Å². The van der Waals surface area contributed by atoms with E-state index >= 15 is 0 Å². The van der Waals surface area contributed by atoms with E-state index < -0.39 is 5.97 Å². The van der Waals surface area contributed by atoms with Gasteiger partial charge >= 0.3 is 5.97 Å². The van der Waals surface area contributed by atoms with E-state index in [4.69, 9.17) is 4.74 Å². The van der Waals surface area contributed by atoms with E-state index in [1.807, 2.05) is 0 Å². The zero-order chi connectivity index (χ0) is 14.6. The second-order valence-electron chi connectivity index (χ2n) is 5.23. The molecule has 0 atom stereocenters. The number of nitrogens with one attached hydrogen (secondary N) is 1. The number of ether oxygens (including phenoxy) is 1. The fourth-order valence-electron chi connectivity index (χ4n) is 1.49. The maximum absolute atomic E-state index is 11.7. The summed E-state index contributed by atoms with van der Waals surface area (Å²) < 4.78 is 5.66. The minimum atomic E-state index is -0.513. The van der Waals surface area contributed by atoms with Gasteiger partial charge in [0.25, 0.3) is 0 Å². The van der Waals surface area contributed by atoms with E-state index in [1.54, 1.807) is 0 Å². The van der Waals surface area contributed by atoms with Crippen LogP contribution in [0.3, 0.4) is 0 Å². The Labute approximate surface area is 127 Å². The van der Waals surface area contributed by atoms with Crippen LogP contribution in [0.4, 0.5) is 5.82 Å². The average Bonchev–Trinajstić information content (AvgIpc) is 2.35. The van der Waals surface area contributed by atoms with Gasteiger partial charge in [-0.2, -0.15) is 0 Å². The van der Waals surface area contributed by atoms with Crippen LogP contribution in [0.2, 0.25) is 0 Å². The van der Waals surface area contributed by atoms with Crippen LogP contribution in [0.15, 0.2) is 0 Å². The molecule has 5 nitrogen and oxygen atoms in total. The Morgan fingerprint density at radius 2 is 2.00 bits per heavy atom. The number of hydrogen-bond donors (Lipinski definition) is 1. The predicted octanol–water partition coefficient (Wildman–Crippen LogP) is 2.99. The highest BCUT2D eigenvalue weighted by atomic mass is 127. The van der Waals surface area contributed by atoms with E-state index in [1.165, 1.54) is 7.11 Å². The molecule has 0 aromatic carbocycles. The molecule has 1 rings (SSSR count). The van der Waals surface area contributed by atoms with Crippen LogP contribution < -0.4 is 5.32 Å². The number of hydrogen-bond acceptors (Lipinski definition) is 5. The second-order valence-corrected chi connectivity index (χ2v) is 6.31. The largest absolute Gasteiger partial charge is 0.463 e. The minimum absolute atomic E-state index is 0.103. The second kappa shape index (κ2) is 6.49. The third-order valence-electron chi connectivity index (χ3n) is 2.47. The summed E-state index contributed by atoms with van der Waals surface area (Å²) in [6, 6.07) is 0. The molecule has 0 saturated heterocycles. The van der Waals surface area contributed by atoms with Gasteiger partial charge in [-0.1, -0.05) is 27.7 Å². The van der Waals surface area contributed by atoms with Crippen LogP contribution in [0.1, 0.15) is 50.4 Å². The Morgan fingerprint density at radius 1 is 1.37 bits per heavy atom. The van der Waals surface area contributed by atoms with Gasteiger partial charge in [-0.05, 0) is 29.0 Å². The first-order valence-corrected chi connectivity index (χ1v) is 7.29. The number of aromatic nitrogens is 2. The first-order chi connectivity index (χ1) is 8.81. The summed E-state index contributed by atoms with van der Waals surface area (Å²) in [6.07, 6.45) is 0.985. The standard InChI is InChI=1S/C13H20IN3O2/c1-6-7-15-10-8(14)9(13(2,3)4)16-11(17-10)12(18)19-5/h6-7H2,1-5H3,(H,15,16,17). The molecule has 0 amide bonds. The summed E-state index contributed by atoms with van der Waals surface area (Å²) in [5.41, 5.74) is 0.687. The molecule has 106 valence electrons. The molecule has 0 saturated carbocycles. The number of esters is 1. The Hall–Kier alpha value is -0.920. The highest BCUT2D eigenvalue weighted by Gasteiger charge is 2.25. The topological polar surface area (TPSA) is 64.1 Å². The van der Waals surface area contributed by atoms with Crippen LogP contribution in [0.5, 0.6) is 0 Å². The predicted molar refractivity (Wildman–Crippen MR) is 83.6 cm³/mol. The summed E-state index contributed by atoms with van der Waals surface area (Å²) >= 11 is 2.22. The van der Waals surface area contributed by atoms with Crippen LogP contribution in [0, 0.1) is 3.57 Å². The number of methoxy groups -OCH3 is 1. The van der Waals surface area contributed by atoms with Crippen molar-refractivity contribution in [1.82, 2.24) is 9.97 Å². The van der Waals surface area contributed by atoms with Gasteiger partial charge < -0.3 is 10.1 Å². The van der Waals surface area contributed by atoms with Crippen molar-refractivity contribution < 1.29 is 9.53 Å². The van der Waals surface area contributed by atoms with E-state index in [0.717, 1.165) is 22.2 Å². The summed E-state index contributed by atoms with van der Waals surface area (Å²) in [6.45, 7) is 9.05. The molecular weight excluding hydrogens is 357 g/mol. The molecule has 0 spiro atoms. The molecule has 19 heavy (non-hydrogen) atoms. The van der Waals surface area contributed by atoms with Crippen LogP contribution >= 0.6 is 22.6 Å². The third-order valence-corrected chi connectivity index (χ3v) is 3.49. The molecule has 0 aliphatic rings. The number of rotatable bonds is 4. The lowest BCUT2D eigenvalue weighted by Crippen LogP contribution is -2.22. The molecule has 1 aromatic heterocycles. The third kappa shape index (κ3) is 4.02. The molecule has 1 aromatic rings. The highest BCUT2D eigenvalue weighted by Crippen LogP contribution is 2.29. The minimum Gasteiger partial charge on any atom is -0.463 e. The average molecular weight is 377 g/mol. The Kier molecular flexibility index (Phi) is 5.51. The molecule has 0 fully saturated rings. The highest BCUT2D eigenvalue weighted by molar-refractivity contribution is 14.1. The van der Waals surface area contributed by atoms with Crippen LogP contribution in [-0.4, -0.2) is 29.6 Å². The fraction of sp³-hybridized carbons (Fsp3) is 0.615. The first-order valence-electron chi connectivity index (χ1n) is 6.21. The summed E-state index contributed by atoms with van der Waals surface area (Å²) in [7, 11) is 1.33.